The van der Waals surface area contributed by atoms with E-state index in [2.05, 4.69) is 37.6 Å². The first kappa shape index (κ1) is 23.9. The summed E-state index contributed by atoms with van der Waals surface area (Å²) in [7, 11) is 3.72. The third kappa shape index (κ3) is 5.30. The lowest BCUT2D eigenvalue weighted by atomic mass is 10.2. The van der Waals surface area contributed by atoms with Crippen LogP contribution in [0.4, 0.5) is 28.1 Å². The Morgan fingerprint density at radius 3 is 2.53 bits per heavy atom. The highest BCUT2D eigenvalue weighted by Gasteiger charge is 2.18. The number of likely N-dealkylation sites (N-methyl/N-ethyl adjacent to an activating group) is 1. The predicted molar refractivity (Wildman–Crippen MR) is 135 cm³/mol. The van der Waals surface area contributed by atoms with Crippen molar-refractivity contribution in [3.05, 3.63) is 52.0 Å². The Hall–Kier alpha value is -3.21. The first-order chi connectivity index (χ1) is 16.4. The molecule has 0 radical (unpaired) electrons. The zero-order valence-corrected chi connectivity index (χ0v) is 20.4. The van der Waals surface area contributed by atoms with Crippen molar-refractivity contribution in [1.82, 2.24) is 25.0 Å². The number of hydrogen-bond acceptors (Lipinski definition) is 8. The number of benzene rings is 2. The van der Waals surface area contributed by atoms with Crippen molar-refractivity contribution in [3.8, 4) is 5.75 Å². The number of ether oxygens (including phenoxy) is 1. The minimum absolute atomic E-state index is 0.0710. The molecule has 34 heavy (non-hydrogen) atoms. The molecule has 4 rings (SSSR count). The predicted octanol–water partition coefficient (Wildman–Crippen LogP) is 3.43. The fourth-order valence-corrected chi connectivity index (χ4v) is 4.16. The van der Waals surface area contributed by atoms with E-state index >= 15 is 0 Å². The Morgan fingerprint density at radius 2 is 1.85 bits per heavy atom. The minimum atomic E-state index is -0.564. The molecule has 0 spiro atoms. The van der Waals surface area contributed by atoms with Crippen LogP contribution in [0.5, 0.6) is 5.75 Å². The Labute approximate surface area is 207 Å². The molecule has 10 nitrogen and oxygen atoms in total. The number of nitrogens with two attached hydrogens (primary N) is 1. The number of anilines is 4. The van der Waals surface area contributed by atoms with Crippen molar-refractivity contribution in [3.63, 3.8) is 0 Å². The van der Waals surface area contributed by atoms with Crippen molar-refractivity contribution in [2.45, 2.75) is 6.54 Å². The second-order valence-corrected chi connectivity index (χ2v) is 8.68. The monoisotopic (exact) mass is 504 g/mol. The van der Waals surface area contributed by atoms with E-state index in [1.807, 2.05) is 18.2 Å². The van der Waals surface area contributed by atoms with Gasteiger partial charge in [-0.15, -0.1) is 9.78 Å². The molecule has 1 saturated heterocycles. The second-order valence-electron chi connectivity index (χ2n) is 7.86. The van der Waals surface area contributed by atoms with Gasteiger partial charge in [0.15, 0.2) is 0 Å². The summed E-state index contributed by atoms with van der Waals surface area (Å²) in [6, 6.07) is 10.4. The average Bonchev–Trinajstić information content (AvgIpc) is 3.19. The molecular formula is C22H26Cl2N8O2. The van der Waals surface area contributed by atoms with Crippen LogP contribution >= 0.6 is 23.2 Å². The van der Waals surface area contributed by atoms with Gasteiger partial charge >= 0.3 is 6.03 Å². The SMILES string of the molecule is COc1cc(N2CCN(C)CC2)ccc1Nc1nc(N)n(C(=O)NCc2c(Cl)cccc2Cl)n1. The molecule has 0 bridgehead atoms. The molecule has 4 N–H and O–H groups in total. The summed E-state index contributed by atoms with van der Waals surface area (Å²) in [4.78, 5) is 21.4. The zero-order chi connectivity index (χ0) is 24.2. The van der Waals surface area contributed by atoms with E-state index in [0.717, 1.165) is 36.5 Å². The highest BCUT2D eigenvalue weighted by Crippen LogP contribution is 2.32. The van der Waals surface area contributed by atoms with Crippen LogP contribution in [0.15, 0.2) is 36.4 Å². The average molecular weight is 505 g/mol. The van der Waals surface area contributed by atoms with E-state index in [0.29, 0.717) is 27.0 Å². The Balaban J connectivity index is 1.45. The van der Waals surface area contributed by atoms with Gasteiger partial charge in [0.25, 0.3) is 0 Å². The number of amides is 1. The summed E-state index contributed by atoms with van der Waals surface area (Å²) in [5.74, 6) is 0.719. The Morgan fingerprint density at radius 1 is 1.15 bits per heavy atom. The normalized spacial score (nSPS) is 14.2. The molecule has 3 aromatic rings. The van der Waals surface area contributed by atoms with Crippen molar-refractivity contribution in [2.24, 2.45) is 0 Å². The number of rotatable bonds is 6. The third-order valence-electron chi connectivity index (χ3n) is 5.60. The van der Waals surface area contributed by atoms with Crippen LogP contribution in [-0.4, -0.2) is 66.0 Å². The van der Waals surface area contributed by atoms with Crippen molar-refractivity contribution < 1.29 is 9.53 Å². The Kier molecular flexibility index (Phi) is 7.30. The van der Waals surface area contributed by atoms with Crippen LogP contribution in [-0.2, 0) is 6.54 Å². The topological polar surface area (TPSA) is 114 Å². The lowest BCUT2D eigenvalue weighted by Gasteiger charge is -2.34. The molecule has 1 aliphatic heterocycles. The number of carbonyl (C=O) groups is 1. The number of nitrogens with zero attached hydrogens (tertiary/aromatic N) is 5. The summed E-state index contributed by atoms with van der Waals surface area (Å²) in [6.45, 7) is 4.02. The number of aromatic nitrogens is 3. The highest BCUT2D eigenvalue weighted by atomic mass is 35.5. The van der Waals surface area contributed by atoms with E-state index in [-0.39, 0.29) is 18.4 Å². The first-order valence-electron chi connectivity index (χ1n) is 10.7. The Bertz CT molecular complexity index is 1160. The van der Waals surface area contributed by atoms with Gasteiger partial charge in [0.1, 0.15) is 5.75 Å². The van der Waals surface area contributed by atoms with E-state index in [9.17, 15) is 4.79 Å². The van der Waals surface area contributed by atoms with Gasteiger partial charge < -0.3 is 30.9 Å². The molecule has 0 aliphatic carbocycles. The molecule has 180 valence electrons. The molecule has 2 aromatic carbocycles. The summed E-state index contributed by atoms with van der Waals surface area (Å²) >= 11 is 12.3. The summed E-state index contributed by atoms with van der Waals surface area (Å²) in [5, 5.41) is 10.9. The van der Waals surface area contributed by atoms with Crippen LogP contribution in [0.25, 0.3) is 0 Å². The van der Waals surface area contributed by atoms with E-state index < -0.39 is 6.03 Å². The molecular weight excluding hydrogens is 479 g/mol. The smallest absolute Gasteiger partial charge is 0.345 e. The molecule has 0 unspecified atom stereocenters. The van der Waals surface area contributed by atoms with Crippen molar-refractivity contribution >= 4 is 52.5 Å². The van der Waals surface area contributed by atoms with Gasteiger partial charge in [-0.25, -0.2) is 4.79 Å². The minimum Gasteiger partial charge on any atom is -0.494 e. The highest BCUT2D eigenvalue weighted by molar-refractivity contribution is 6.36. The molecule has 2 heterocycles. The lowest BCUT2D eigenvalue weighted by Crippen LogP contribution is -2.44. The van der Waals surface area contributed by atoms with E-state index in [4.69, 9.17) is 33.7 Å². The number of halogens is 2. The fraction of sp³-hybridized carbons (Fsp3) is 0.318. The number of methoxy groups -OCH3 is 1. The molecule has 1 fully saturated rings. The first-order valence-corrected chi connectivity index (χ1v) is 11.4. The van der Waals surface area contributed by atoms with Gasteiger partial charge in [-0.05, 0) is 31.3 Å². The van der Waals surface area contributed by atoms with Gasteiger partial charge in [0.2, 0.25) is 11.9 Å². The number of hydrogen-bond donors (Lipinski definition) is 3. The second kappa shape index (κ2) is 10.4. The molecule has 0 atom stereocenters. The van der Waals surface area contributed by atoms with Crippen LogP contribution in [0.2, 0.25) is 10.0 Å². The summed E-state index contributed by atoms with van der Waals surface area (Å²) < 4.78 is 6.54. The number of nitrogens with one attached hydrogen (secondary N) is 2. The number of carbonyl (C=O) groups excluding carboxylic acids is 1. The van der Waals surface area contributed by atoms with Gasteiger partial charge in [-0.2, -0.15) is 4.98 Å². The molecule has 1 aromatic heterocycles. The van der Waals surface area contributed by atoms with Crippen LogP contribution < -0.4 is 26.0 Å². The quantitative estimate of drug-likeness (QED) is 0.467. The fourth-order valence-electron chi connectivity index (χ4n) is 3.63. The van der Waals surface area contributed by atoms with Gasteiger partial charge in [0.05, 0.1) is 12.8 Å². The molecule has 1 amide bonds. The number of piperazine rings is 1. The van der Waals surface area contributed by atoms with Crippen LogP contribution in [0.3, 0.4) is 0 Å². The third-order valence-corrected chi connectivity index (χ3v) is 6.31. The summed E-state index contributed by atoms with van der Waals surface area (Å²) in [6.07, 6.45) is 0. The standard InChI is InChI=1S/C22H26Cl2N8O2/c1-30-8-10-31(11-9-30)14-6-7-18(19(12-14)34-2)27-21-28-20(25)32(29-21)22(33)26-13-15-16(23)4-3-5-17(15)24/h3-7,12H,8-11,13H2,1-2H3,(H,26,33)(H3,25,27,28,29). The van der Waals surface area contributed by atoms with Crippen molar-refractivity contribution in [2.75, 3.05) is 56.3 Å². The maximum absolute atomic E-state index is 12.6. The van der Waals surface area contributed by atoms with Gasteiger partial charge in [0, 0.05) is 60.1 Å². The van der Waals surface area contributed by atoms with Crippen LogP contribution in [0, 0.1) is 0 Å². The van der Waals surface area contributed by atoms with Crippen molar-refractivity contribution in [1.29, 1.82) is 0 Å². The number of nitrogen functional groups attached to an aromatic ring is 1. The van der Waals surface area contributed by atoms with E-state index in [1.165, 1.54) is 0 Å². The van der Waals surface area contributed by atoms with E-state index in [1.54, 1.807) is 25.3 Å². The molecule has 1 aliphatic rings. The maximum Gasteiger partial charge on any atom is 0.345 e. The van der Waals surface area contributed by atoms with Gasteiger partial charge in [-0.1, -0.05) is 29.3 Å². The maximum atomic E-state index is 12.6. The molecule has 12 heteroatoms. The van der Waals surface area contributed by atoms with Crippen LogP contribution in [0.1, 0.15) is 5.56 Å². The zero-order valence-electron chi connectivity index (χ0n) is 18.9. The summed E-state index contributed by atoms with van der Waals surface area (Å²) in [5.41, 5.74) is 8.25. The van der Waals surface area contributed by atoms with Gasteiger partial charge in [-0.3, -0.25) is 0 Å². The molecule has 0 saturated carbocycles. The largest absolute Gasteiger partial charge is 0.494 e. The lowest BCUT2D eigenvalue weighted by molar-refractivity contribution is 0.239.